The Bertz CT molecular complexity index is 788. The summed E-state index contributed by atoms with van der Waals surface area (Å²) < 4.78 is 11.1. The number of piperazine rings is 1. The normalized spacial score (nSPS) is 18.5. The number of aromatic nitrogens is 1. The minimum absolute atomic E-state index is 0.600. The molecule has 0 amide bonds. The number of pyridine rings is 1. The third kappa shape index (κ3) is 7.78. The Morgan fingerprint density at radius 3 is 2.66 bits per heavy atom. The lowest BCUT2D eigenvalue weighted by molar-refractivity contribution is 0.231. The second-order valence-electron chi connectivity index (χ2n) is 8.08. The molecule has 0 radical (unpaired) electrons. The van der Waals surface area contributed by atoms with Crippen molar-refractivity contribution in [2.24, 2.45) is 5.92 Å². The van der Waals surface area contributed by atoms with Gasteiger partial charge in [0.25, 0.3) is 0 Å². The Balaban J connectivity index is 0.00000141. The zero-order valence-corrected chi connectivity index (χ0v) is 22.3. The molecule has 4 rings (SSSR count). The minimum atomic E-state index is 0.600. The summed E-state index contributed by atoms with van der Waals surface area (Å²) in [4.78, 5) is 9.52. The van der Waals surface area contributed by atoms with Crippen molar-refractivity contribution in [1.29, 1.82) is 0 Å². The number of hydrogen-bond donors (Lipinski definition) is 0. The van der Waals surface area contributed by atoms with Crippen LogP contribution in [-0.4, -0.2) is 55.8 Å². The Morgan fingerprint density at radius 2 is 1.91 bits per heavy atom. The van der Waals surface area contributed by atoms with Crippen LogP contribution in [0.1, 0.15) is 37.8 Å². The standard InChI is InChI=1S/C23H30IN3O2S.C2H6/c24-30-29-16-15-28-22-7-6-20-5-4-19(17-21(20)18-22)8-10-26-11-13-27(14-12-26)23-3-1-2-9-25-23;1-2/h1-3,6-7,9,18-19H,4-5,8,10-17H2;1-2H3. The molecule has 1 fully saturated rings. The number of ether oxygens (including phenoxy) is 1. The highest BCUT2D eigenvalue weighted by atomic mass is 127. The molecule has 1 saturated heterocycles. The summed E-state index contributed by atoms with van der Waals surface area (Å²) in [5.74, 6) is 2.86. The van der Waals surface area contributed by atoms with Crippen molar-refractivity contribution in [3.63, 3.8) is 0 Å². The summed E-state index contributed by atoms with van der Waals surface area (Å²) in [5.41, 5.74) is 2.98. The van der Waals surface area contributed by atoms with Crippen molar-refractivity contribution in [3.8, 4) is 5.75 Å². The molecule has 1 aromatic heterocycles. The van der Waals surface area contributed by atoms with Gasteiger partial charge in [-0.05, 0) is 73.5 Å². The summed E-state index contributed by atoms with van der Waals surface area (Å²) in [7, 11) is 1.36. The molecule has 32 heavy (non-hydrogen) atoms. The average Bonchev–Trinajstić information content (AvgIpc) is 2.87. The van der Waals surface area contributed by atoms with E-state index in [9.17, 15) is 0 Å². The predicted molar refractivity (Wildman–Crippen MR) is 144 cm³/mol. The smallest absolute Gasteiger partial charge is 0.128 e. The lowest BCUT2D eigenvalue weighted by atomic mass is 9.82. The van der Waals surface area contributed by atoms with E-state index in [2.05, 4.69) is 66.3 Å². The molecule has 0 N–H and O–H groups in total. The van der Waals surface area contributed by atoms with E-state index in [-0.39, 0.29) is 0 Å². The van der Waals surface area contributed by atoms with E-state index in [0.717, 1.165) is 43.7 Å². The van der Waals surface area contributed by atoms with Crippen LogP contribution in [0.2, 0.25) is 0 Å². The molecule has 1 aromatic carbocycles. The number of anilines is 1. The third-order valence-corrected chi connectivity index (χ3v) is 7.21. The molecule has 5 nitrogen and oxygen atoms in total. The highest BCUT2D eigenvalue weighted by Crippen LogP contribution is 2.30. The first kappa shape index (κ1) is 25.6. The summed E-state index contributed by atoms with van der Waals surface area (Å²) in [6.45, 7) is 10.8. The van der Waals surface area contributed by atoms with Crippen LogP contribution in [0.4, 0.5) is 5.82 Å². The molecule has 1 atom stereocenters. The number of nitrogens with zero attached hydrogens (tertiary/aromatic N) is 3. The number of hydrogen-bond acceptors (Lipinski definition) is 6. The zero-order valence-electron chi connectivity index (χ0n) is 19.3. The van der Waals surface area contributed by atoms with Crippen LogP contribution >= 0.6 is 30.4 Å². The lowest BCUT2D eigenvalue weighted by Crippen LogP contribution is -2.47. The van der Waals surface area contributed by atoms with Gasteiger partial charge in [0, 0.05) is 53.6 Å². The van der Waals surface area contributed by atoms with Crippen LogP contribution in [-0.2, 0) is 17.0 Å². The van der Waals surface area contributed by atoms with Crippen molar-refractivity contribution in [1.82, 2.24) is 9.88 Å². The van der Waals surface area contributed by atoms with Crippen LogP contribution in [0.3, 0.4) is 0 Å². The largest absolute Gasteiger partial charge is 0.491 e. The van der Waals surface area contributed by atoms with Crippen molar-refractivity contribution in [2.75, 3.05) is 50.8 Å². The molecule has 1 aliphatic heterocycles. The average molecular weight is 570 g/mol. The molecule has 1 aliphatic carbocycles. The van der Waals surface area contributed by atoms with Gasteiger partial charge in [0.05, 0.1) is 15.8 Å². The second kappa shape index (κ2) is 14.3. The first-order chi connectivity index (χ1) is 15.8. The summed E-state index contributed by atoms with van der Waals surface area (Å²) >= 11 is 2.13. The molecule has 2 heterocycles. The quantitative estimate of drug-likeness (QED) is 0.215. The van der Waals surface area contributed by atoms with Gasteiger partial charge in [-0.3, -0.25) is 4.90 Å². The monoisotopic (exact) mass is 569 g/mol. The van der Waals surface area contributed by atoms with Gasteiger partial charge in [-0.15, -0.1) is 0 Å². The van der Waals surface area contributed by atoms with E-state index >= 15 is 0 Å². The van der Waals surface area contributed by atoms with Gasteiger partial charge in [-0.2, -0.15) is 0 Å². The number of halogens is 1. The third-order valence-electron chi connectivity index (χ3n) is 6.19. The van der Waals surface area contributed by atoms with Crippen molar-refractivity contribution < 1.29 is 8.92 Å². The summed E-state index contributed by atoms with van der Waals surface area (Å²) in [6.07, 6.45) is 6.86. The SMILES string of the molecule is CC.ISOCCOc1ccc2c(c1)CC(CCN1CCN(c3ccccn3)CC1)CC2. The van der Waals surface area contributed by atoms with E-state index in [1.807, 2.05) is 26.1 Å². The van der Waals surface area contributed by atoms with Crippen LogP contribution in [0, 0.1) is 5.92 Å². The molecule has 176 valence electrons. The van der Waals surface area contributed by atoms with Crippen LogP contribution in [0.5, 0.6) is 5.75 Å². The Labute approximate surface area is 210 Å². The fraction of sp³-hybridized carbons (Fsp3) is 0.560. The molecule has 0 spiro atoms. The highest BCUT2D eigenvalue weighted by Gasteiger charge is 2.22. The molecule has 0 saturated carbocycles. The molecular weight excluding hydrogens is 533 g/mol. The topological polar surface area (TPSA) is 37.8 Å². The maximum atomic E-state index is 5.85. The number of fused-ring (bicyclic) bond motifs is 1. The van der Waals surface area contributed by atoms with Crippen molar-refractivity contribution in [3.05, 3.63) is 53.7 Å². The van der Waals surface area contributed by atoms with Gasteiger partial charge >= 0.3 is 0 Å². The van der Waals surface area contributed by atoms with Gasteiger partial charge < -0.3 is 13.8 Å². The first-order valence-corrected chi connectivity index (χ1v) is 15.1. The van der Waals surface area contributed by atoms with E-state index < -0.39 is 0 Å². The lowest BCUT2D eigenvalue weighted by Gasteiger charge is -2.36. The predicted octanol–water partition coefficient (Wildman–Crippen LogP) is 5.82. The van der Waals surface area contributed by atoms with Crippen LogP contribution in [0.25, 0.3) is 0 Å². The van der Waals surface area contributed by atoms with E-state index in [1.54, 1.807) is 0 Å². The zero-order chi connectivity index (χ0) is 22.6. The van der Waals surface area contributed by atoms with Crippen molar-refractivity contribution >= 4 is 36.2 Å². The first-order valence-electron chi connectivity index (χ1n) is 11.8. The van der Waals surface area contributed by atoms with Crippen molar-refractivity contribution in [2.45, 2.75) is 39.5 Å². The highest BCUT2D eigenvalue weighted by molar-refractivity contribution is 14.2. The number of benzene rings is 1. The second-order valence-corrected chi connectivity index (χ2v) is 9.52. The Morgan fingerprint density at radius 1 is 1.06 bits per heavy atom. The van der Waals surface area contributed by atoms with E-state index in [0.29, 0.717) is 13.2 Å². The molecule has 0 bridgehead atoms. The maximum absolute atomic E-state index is 5.85. The van der Waals surface area contributed by atoms with Gasteiger partial charge in [0.15, 0.2) is 0 Å². The summed E-state index contributed by atoms with van der Waals surface area (Å²) in [6, 6.07) is 12.8. The van der Waals surface area contributed by atoms with Gasteiger partial charge in [0.2, 0.25) is 0 Å². The molecule has 2 aromatic rings. The minimum Gasteiger partial charge on any atom is -0.491 e. The van der Waals surface area contributed by atoms with E-state index in [1.165, 1.54) is 52.6 Å². The molecule has 1 unspecified atom stereocenters. The fourth-order valence-electron chi connectivity index (χ4n) is 4.48. The molecule has 7 heteroatoms. The Kier molecular flexibility index (Phi) is 11.4. The van der Waals surface area contributed by atoms with E-state index in [4.69, 9.17) is 8.92 Å². The number of aryl methyl sites for hydroxylation is 1. The molecular formula is C25H36IN3O2S. The van der Waals surface area contributed by atoms with Crippen LogP contribution < -0.4 is 9.64 Å². The number of rotatable bonds is 9. The van der Waals surface area contributed by atoms with Gasteiger partial charge in [0.1, 0.15) is 18.2 Å². The maximum Gasteiger partial charge on any atom is 0.128 e. The van der Waals surface area contributed by atoms with Gasteiger partial charge in [-0.25, -0.2) is 4.98 Å². The Hall–Kier alpha value is -1.03. The van der Waals surface area contributed by atoms with Gasteiger partial charge in [-0.1, -0.05) is 26.0 Å². The summed E-state index contributed by atoms with van der Waals surface area (Å²) in [5, 5.41) is 0. The molecule has 2 aliphatic rings. The fourth-order valence-corrected chi connectivity index (χ4v) is 5.15. The van der Waals surface area contributed by atoms with Crippen LogP contribution in [0.15, 0.2) is 42.6 Å².